The molecule has 0 spiro atoms. The molecule has 0 aromatic heterocycles. The van der Waals surface area contributed by atoms with Crippen molar-refractivity contribution in [3.8, 4) is 0 Å². The van der Waals surface area contributed by atoms with E-state index in [1.807, 2.05) is 60.7 Å². The molecule has 160 valence electrons. The summed E-state index contributed by atoms with van der Waals surface area (Å²) in [5.74, 6) is -0.905. The van der Waals surface area contributed by atoms with Crippen molar-refractivity contribution >= 4 is 23.6 Å². The van der Waals surface area contributed by atoms with Crippen molar-refractivity contribution < 1.29 is 23.1 Å². The first-order chi connectivity index (χ1) is 15.0. The van der Waals surface area contributed by atoms with Gasteiger partial charge >= 0.3 is 5.97 Å². The Labute approximate surface area is 182 Å². The van der Waals surface area contributed by atoms with Crippen LogP contribution in [-0.4, -0.2) is 40.4 Å². The summed E-state index contributed by atoms with van der Waals surface area (Å²) >= 11 is 1.34. The molecule has 2 aromatic rings. The van der Waals surface area contributed by atoms with E-state index in [2.05, 4.69) is 0 Å². The number of nitrogens with two attached hydrogens (primary N) is 1. The molecular weight excluding hydrogens is 422 g/mol. The fourth-order valence-electron chi connectivity index (χ4n) is 3.59. The minimum Gasteiger partial charge on any atom is -0.448 e. The second kappa shape index (κ2) is 9.03. The number of fused-ring (bicyclic) bond motifs is 1. The summed E-state index contributed by atoms with van der Waals surface area (Å²) in [6.45, 7) is 0. The second-order valence-corrected chi connectivity index (χ2v) is 8.21. The van der Waals surface area contributed by atoms with Gasteiger partial charge < -0.3 is 10.5 Å². The van der Waals surface area contributed by atoms with Crippen LogP contribution in [0.5, 0.6) is 0 Å². The molecule has 2 aromatic carbocycles. The summed E-state index contributed by atoms with van der Waals surface area (Å²) in [6, 6.07) is 17.7. The number of nitrogens with zero attached hydrogens (tertiary/aromatic N) is 1. The Bertz CT molecular complexity index is 988. The third-order valence-electron chi connectivity index (χ3n) is 5.10. The summed E-state index contributed by atoms with van der Waals surface area (Å²) in [7, 11) is 0. The van der Waals surface area contributed by atoms with Crippen LogP contribution in [0.25, 0.3) is 0 Å². The maximum Gasteiger partial charge on any atom is 0.356 e. The first-order valence-corrected chi connectivity index (χ1v) is 10.7. The molecule has 1 amide bonds. The van der Waals surface area contributed by atoms with E-state index in [0.29, 0.717) is 11.6 Å². The molecule has 1 saturated heterocycles. The fraction of sp³-hybridized carbons (Fsp3) is 0.217. The maximum atomic E-state index is 13.3. The number of hydrogen-bond acceptors (Lipinski definition) is 5. The third kappa shape index (κ3) is 4.26. The Morgan fingerprint density at radius 1 is 1.10 bits per heavy atom. The van der Waals surface area contributed by atoms with E-state index in [1.165, 1.54) is 22.7 Å². The number of benzene rings is 2. The van der Waals surface area contributed by atoms with Gasteiger partial charge in [-0.3, -0.25) is 9.69 Å². The predicted octanol–water partition coefficient (Wildman–Crippen LogP) is 3.64. The maximum absolute atomic E-state index is 13.3. The zero-order valence-electron chi connectivity index (χ0n) is 16.4. The number of halogens is 2. The molecule has 0 saturated carbocycles. The van der Waals surface area contributed by atoms with Gasteiger partial charge in [-0.15, -0.1) is 11.8 Å². The molecule has 31 heavy (non-hydrogen) atoms. The Morgan fingerprint density at radius 2 is 1.68 bits per heavy atom. The van der Waals surface area contributed by atoms with Crippen LogP contribution in [-0.2, 0) is 14.3 Å². The molecule has 0 unspecified atom stereocenters. The van der Waals surface area contributed by atoms with Crippen molar-refractivity contribution in [3.63, 3.8) is 0 Å². The molecule has 5 nitrogen and oxygen atoms in total. The number of amides is 1. The summed E-state index contributed by atoms with van der Waals surface area (Å²) in [5.41, 5.74) is 7.65. The van der Waals surface area contributed by atoms with Crippen LogP contribution in [0.15, 0.2) is 84.1 Å². The van der Waals surface area contributed by atoms with E-state index in [-0.39, 0.29) is 11.4 Å². The number of allylic oxidation sites excluding steroid dienone is 2. The molecule has 2 atom stereocenters. The van der Waals surface area contributed by atoms with E-state index in [9.17, 15) is 18.4 Å². The van der Waals surface area contributed by atoms with Crippen molar-refractivity contribution in [2.75, 3.05) is 5.75 Å². The molecule has 0 aliphatic carbocycles. The van der Waals surface area contributed by atoms with E-state index in [0.717, 1.165) is 11.1 Å². The van der Waals surface area contributed by atoms with Crippen molar-refractivity contribution in [1.82, 2.24) is 4.90 Å². The number of esters is 1. The first kappa shape index (κ1) is 21.3. The summed E-state index contributed by atoms with van der Waals surface area (Å²) < 4.78 is 31.4. The largest absolute Gasteiger partial charge is 0.448 e. The predicted molar refractivity (Wildman–Crippen MR) is 114 cm³/mol. The molecule has 2 aliphatic heterocycles. The monoisotopic (exact) mass is 442 g/mol. The smallest absolute Gasteiger partial charge is 0.356 e. The molecule has 8 heteroatoms. The van der Waals surface area contributed by atoms with Crippen LogP contribution in [0.4, 0.5) is 8.78 Å². The Morgan fingerprint density at radius 3 is 2.23 bits per heavy atom. The number of hydrogen-bond donors (Lipinski definition) is 1. The Balaban J connectivity index is 1.71. The molecule has 2 aliphatic rings. The van der Waals surface area contributed by atoms with Crippen molar-refractivity contribution in [2.24, 2.45) is 5.73 Å². The fourth-order valence-corrected chi connectivity index (χ4v) is 4.86. The highest BCUT2D eigenvalue weighted by Gasteiger charge is 2.52. The molecule has 0 radical (unpaired) electrons. The number of rotatable bonds is 6. The summed E-state index contributed by atoms with van der Waals surface area (Å²) in [6.07, 6.45) is -1.52. The zero-order chi connectivity index (χ0) is 22.0. The number of alkyl halides is 2. The van der Waals surface area contributed by atoms with Crippen LogP contribution in [0.3, 0.4) is 0 Å². The average molecular weight is 442 g/mol. The standard InChI is InChI=1S/C23H20F2N2O3S/c24-17(25)12-11-16-13-31-22-18(26)21(28)27(22)19(16)23(29)30-20(14-7-3-1-4-8-14)15-9-5-2-6-10-15/h1-12,17-18,20,22H,13,26H2/b12-11+/t18-,22-/m1/s1. The van der Waals surface area contributed by atoms with E-state index in [4.69, 9.17) is 10.5 Å². The number of β-lactam (4-membered cyclic amide) rings is 1. The highest BCUT2D eigenvalue weighted by molar-refractivity contribution is 8.00. The van der Waals surface area contributed by atoms with Gasteiger partial charge in [0.1, 0.15) is 17.1 Å². The highest BCUT2D eigenvalue weighted by atomic mass is 32.2. The van der Waals surface area contributed by atoms with Gasteiger partial charge in [0.15, 0.2) is 6.10 Å². The lowest BCUT2D eigenvalue weighted by Gasteiger charge is -2.48. The summed E-state index contributed by atoms with van der Waals surface area (Å²) in [5, 5.41) is -0.411. The first-order valence-electron chi connectivity index (χ1n) is 9.68. The van der Waals surface area contributed by atoms with Crippen LogP contribution < -0.4 is 5.73 Å². The highest BCUT2D eigenvalue weighted by Crippen LogP contribution is 2.41. The third-order valence-corrected chi connectivity index (χ3v) is 6.43. The Hall–Kier alpha value is -2.97. The lowest BCUT2D eigenvalue weighted by molar-refractivity contribution is -0.153. The SMILES string of the molecule is N[C@@H]1C(=O)N2C(C(=O)OC(c3ccccc3)c3ccccc3)=C(/C=C/C(F)F)CS[C@H]12. The van der Waals surface area contributed by atoms with Gasteiger partial charge in [0, 0.05) is 5.75 Å². The number of ether oxygens (including phenoxy) is 1. The van der Waals surface area contributed by atoms with Gasteiger partial charge in [0.25, 0.3) is 6.43 Å². The number of thioether (sulfide) groups is 1. The molecule has 0 bridgehead atoms. The number of carbonyl (C=O) groups excluding carboxylic acids is 2. The van der Waals surface area contributed by atoms with E-state index in [1.54, 1.807) is 0 Å². The quantitative estimate of drug-likeness (QED) is 0.546. The molecule has 1 fully saturated rings. The van der Waals surface area contributed by atoms with Crippen LogP contribution >= 0.6 is 11.8 Å². The Kier molecular flexibility index (Phi) is 6.20. The minimum atomic E-state index is -2.68. The molecular formula is C23H20F2N2O3S. The van der Waals surface area contributed by atoms with Crippen molar-refractivity contribution in [1.29, 1.82) is 0 Å². The normalized spacial score (nSPS) is 20.9. The van der Waals surface area contributed by atoms with Crippen LogP contribution in [0.1, 0.15) is 17.2 Å². The van der Waals surface area contributed by atoms with E-state index >= 15 is 0 Å². The van der Waals surface area contributed by atoms with Gasteiger partial charge in [-0.25, -0.2) is 13.6 Å². The summed E-state index contributed by atoms with van der Waals surface area (Å²) in [4.78, 5) is 27.0. The lowest BCUT2D eigenvalue weighted by atomic mass is 10.0. The van der Waals surface area contributed by atoms with Gasteiger partial charge in [0.05, 0.1) is 0 Å². The second-order valence-electron chi connectivity index (χ2n) is 7.11. The minimum absolute atomic E-state index is 0.0239. The van der Waals surface area contributed by atoms with Crippen molar-refractivity contribution in [3.05, 3.63) is 95.2 Å². The van der Waals surface area contributed by atoms with E-state index < -0.39 is 35.8 Å². The van der Waals surface area contributed by atoms with Gasteiger partial charge in [-0.1, -0.05) is 66.7 Å². The van der Waals surface area contributed by atoms with Crippen LogP contribution in [0, 0.1) is 0 Å². The van der Waals surface area contributed by atoms with Gasteiger partial charge in [0.2, 0.25) is 5.91 Å². The van der Waals surface area contributed by atoms with Gasteiger partial charge in [-0.05, 0) is 22.8 Å². The number of carbonyl (C=O) groups is 2. The lowest BCUT2D eigenvalue weighted by Crippen LogP contribution is -2.68. The van der Waals surface area contributed by atoms with Crippen molar-refractivity contribution in [2.45, 2.75) is 23.9 Å². The molecule has 2 heterocycles. The average Bonchev–Trinajstić information content (AvgIpc) is 2.80. The van der Waals surface area contributed by atoms with Gasteiger partial charge in [-0.2, -0.15) is 0 Å². The molecule has 4 rings (SSSR count). The van der Waals surface area contributed by atoms with Crippen LogP contribution in [0.2, 0.25) is 0 Å². The zero-order valence-corrected chi connectivity index (χ0v) is 17.2. The molecule has 2 N–H and O–H groups in total. The topological polar surface area (TPSA) is 72.6 Å².